The highest BCUT2D eigenvalue weighted by Gasteiger charge is 2.17. The van der Waals surface area contributed by atoms with Gasteiger partial charge in [-0.15, -0.1) is 11.6 Å². The summed E-state index contributed by atoms with van der Waals surface area (Å²) in [5.41, 5.74) is 0. The Labute approximate surface area is 83.8 Å². The van der Waals surface area contributed by atoms with Gasteiger partial charge in [0.25, 0.3) is 0 Å². The third-order valence-electron chi connectivity index (χ3n) is 2.19. The Hall–Kier alpha value is -0.440. The zero-order chi connectivity index (χ0) is 9.52. The Morgan fingerprint density at radius 2 is 2.15 bits per heavy atom. The maximum absolute atomic E-state index is 11.1. The molecule has 0 aromatic heterocycles. The summed E-state index contributed by atoms with van der Waals surface area (Å²) in [6.07, 6.45) is 5.03. The van der Waals surface area contributed by atoms with E-state index in [1.165, 1.54) is 12.8 Å². The van der Waals surface area contributed by atoms with Crippen LogP contribution in [0.15, 0.2) is 0 Å². The van der Waals surface area contributed by atoms with E-state index < -0.39 is 0 Å². The molecule has 3 nitrogen and oxygen atoms in total. The van der Waals surface area contributed by atoms with Gasteiger partial charge in [0.2, 0.25) is 0 Å². The molecule has 0 atom stereocenters. The molecule has 0 bridgehead atoms. The predicted octanol–water partition coefficient (Wildman–Crippen LogP) is 2.28. The third kappa shape index (κ3) is 4.36. The molecule has 1 aliphatic carbocycles. The van der Waals surface area contributed by atoms with Crippen molar-refractivity contribution >= 4 is 17.7 Å². The third-order valence-corrected chi connectivity index (χ3v) is 2.46. The van der Waals surface area contributed by atoms with Gasteiger partial charge in [0.05, 0.1) is 6.61 Å². The number of alkyl halides is 1. The van der Waals surface area contributed by atoms with Gasteiger partial charge >= 0.3 is 6.09 Å². The molecule has 0 spiro atoms. The van der Waals surface area contributed by atoms with Crippen molar-refractivity contribution in [2.45, 2.75) is 38.1 Å². The van der Waals surface area contributed by atoms with E-state index >= 15 is 0 Å². The number of hydrogen-bond donors (Lipinski definition) is 1. The number of hydrogen-bond acceptors (Lipinski definition) is 2. The van der Waals surface area contributed by atoms with Crippen LogP contribution in [0.4, 0.5) is 4.79 Å². The maximum atomic E-state index is 11.1. The fourth-order valence-corrected chi connectivity index (χ4v) is 1.61. The average molecular weight is 206 g/mol. The molecule has 1 aliphatic rings. The number of amides is 1. The van der Waals surface area contributed by atoms with E-state index in [4.69, 9.17) is 16.3 Å². The van der Waals surface area contributed by atoms with Gasteiger partial charge in [-0.2, -0.15) is 0 Å². The fraction of sp³-hybridized carbons (Fsp3) is 0.889. The van der Waals surface area contributed by atoms with Crippen LogP contribution in [-0.2, 0) is 4.74 Å². The Morgan fingerprint density at radius 1 is 1.46 bits per heavy atom. The van der Waals surface area contributed by atoms with Crippen LogP contribution in [0.3, 0.4) is 0 Å². The number of alkyl carbamates (subject to hydrolysis) is 1. The summed E-state index contributed by atoms with van der Waals surface area (Å²) in [5.74, 6) is 0.538. The van der Waals surface area contributed by atoms with Crippen molar-refractivity contribution in [3.63, 3.8) is 0 Å². The van der Waals surface area contributed by atoms with Gasteiger partial charge in [-0.1, -0.05) is 12.8 Å². The molecule has 1 amide bonds. The molecule has 1 rings (SSSR count). The summed E-state index contributed by atoms with van der Waals surface area (Å²) in [6, 6.07) is 0.337. The topological polar surface area (TPSA) is 38.3 Å². The molecule has 1 N–H and O–H groups in total. The van der Waals surface area contributed by atoms with Crippen LogP contribution in [0.2, 0.25) is 0 Å². The highest BCUT2D eigenvalue weighted by atomic mass is 35.5. The average Bonchev–Trinajstić information content (AvgIpc) is 2.57. The molecule has 4 heteroatoms. The normalized spacial score (nSPS) is 17.3. The summed E-state index contributed by atoms with van der Waals surface area (Å²) in [7, 11) is 0. The second kappa shape index (κ2) is 6.08. The van der Waals surface area contributed by atoms with Crippen molar-refractivity contribution in [1.29, 1.82) is 0 Å². The Morgan fingerprint density at radius 3 is 2.77 bits per heavy atom. The van der Waals surface area contributed by atoms with Crippen molar-refractivity contribution in [2.75, 3.05) is 12.5 Å². The Kier molecular flexibility index (Phi) is 4.98. The minimum Gasteiger partial charge on any atom is -0.450 e. The zero-order valence-electron chi connectivity index (χ0n) is 7.72. The standard InChI is InChI=1S/C9H16ClNO2/c10-6-3-7-13-9(12)11-8-4-1-2-5-8/h8H,1-7H2,(H,11,12). The molecule has 0 aliphatic heterocycles. The molecule has 13 heavy (non-hydrogen) atoms. The van der Waals surface area contributed by atoms with Crippen LogP contribution in [0.25, 0.3) is 0 Å². The number of carbonyl (C=O) groups is 1. The number of halogens is 1. The van der Waals surface area contributed by atoms with Crippen molar-refractivity contribution < 1.29 is 9.53 Å². The number of nitrogens with one attached hydrogen (secondary N) is 1. The lowest BCUT2D eigenvalue weighted by molar-refractivity contribution is 0.142. The van der Waals surface area contributed by atoms with Gasteiger partial charge in [0.1, 0.15) is 0 Å². The first kappa shape index (κ1) is 10.6. The van der Waals surface area contributed by atoms with E-state index in [-0.39, 0.29) is 6.09 Å². The molecule has 0 heterocycles. The van der Waals surface area contributed by atoms with Crippen molar-refractivity contribution in [3.05, 3.63) is 0 Å². The molecule has 0 aromatic rings. The predicted molar refractivity (Wildman–Crippen MR) is 52.1 cm³/mol. The molecular formula is C9H16ClNO2. The first-order valence-electron chi connectivity index (χ1n) is 4.82. The number of carbonyl (C=O) groups excluding carboxylic acids is 1. The lowest BCUT2D eigenvalue weighted by Crippen LogP contribution is -2.33. The lowest BCUT2D eigenvalue weighted by atomic mass is 10.3. The smallest absolute Gasteiger partial charge is 0.407 e. The first-order valence-corrected chi connectivity index (χ1v) is 5.35. The van der Waals surface area contributed by atoms with Crippen LogP contribution >= 0.6 is 11.6 Å². The van der Waals surface area contributed by atoms with Crippen molar-refractivity contribution in [2.24, 2.45) is 0 Å². The van der Waals surface area contributed by atoms with Crippen LogP contribution in [0, 0.1) is 0 Å². The van der Waals surface area contributed by atoms with Gasteiger partial charge in [0.15, 0.2) is 0 Å². The van der Waals surface area contributed by atoms with Crippen molar-refractivity contribution in [1.82, 2.24) is 5.32 Å². The second-order valence-electron chi connectivity index (χ2n) is 3.30. The summed E-state index contributed by atoms with van der Waals surface area (Å²) >= 11 is 5.44. The number of rotatable bonds is 4. The zero-order valence-corrected chi connectivity index (χ0v) is 8.48. The summed E-state index contributed by atoms with van der Waals surface area (Å²) in [5, 5.41) is 2.83. The van der Waals surface area contributed by atoms with Gasteiger partial charge in [-0.25, -0.2) is 4.79 Å². The minimum atomic E-state index is -0.294. The highest BCUT2D eigenvalue weighted by Crippen LogP contribution is 2.17. The molecule has 0 saturated heterocycles. The van der Waals surface area contributed by atoms with E-state index in [2.05, 4.69) is 5.32 Å². The lowest BCUT2D eigenvalue weighted by Gasteiger charge is -2.11. The van der Waals surface area contributed by atoms with Gasteiger partial charge in [0, 0.05) is 11.9 Å². The second-order valence-corrected chi connectivity index (χ2v) is 3.68. The molecule has 1 fully saturated rings. The monoisotopic (exact) mass is 205 g/mol. The summed E-state index contributed by atoms with van der Waals surface area (Å²) < 4.78 is 4.91. The summed E-state index contributed by atoms with van der Waals surface area (Å²) in [4.78, 5) is 11.1. The summed E-state index contributed by atoms with van der Waals surface area (Å²) in [6.45, 7) is 0.419. The SMILES string of the molecule is O=C(NC1CCCC1)OCCCCl. The van der Waals surface area contributed by atoms with Crippen LogP contribution in [-0.4, -0.2) is 24.6 Å². The van der Waals surface area contributed by atoms with E-state index in [1.54, 1.807) is 0 Å². The van der Waals surface area contributed by atoms with Gasteiger partial charge in [-0.3, -0.25) is 0 Å². The Balaban J connectivity index is 2.02. The van der Waals surface area contributed by atoms with Gasteiger partial charge < -0.3 is 10.1 Å². The van der Waals surface area contributed by atoms with E-state index in [1.807, 2.05) is 0 Å². The highest BCUT2D eigenvalue weighted by molar-refractivity contribution is 6.17. The van der Waals surface area contributed by atoms with Gasteiger partial charge in [-0.05, 0) is 19.3 Å². The van der Waals surface area contributed by atoms with Crippen LogP contribution < -0.4 is 5.32 Å². The molecule has 0 radical (unpaired) electrons. The van der Waals surface area contributed by atoms with Crippen LogP contribution in [0.1, 0.15) is 32.1 Å². The molecule has 0 aromatic carbocycles. The first-order chi connectivity index (χ1) is 6.33. The minimum absolute atomic E-state index is 0.294. The van der Waals surface area contributed by atoms with E-state index in [9.17, 15) is 4.79 Å². The maximum Gasteiger partial charge on any atom is 0.407 e. The fourth-order valence-electron chi connectivity index (χ4n) is 1.50. The van der Waals surface area contributed by atoms with Crippen molar-refractivity contribution in [3.8, 4) is 0 Å². The molecule has 0 unspecified atom stereocenters. The van der Waals surface area contributed by atoms with E-state index in [0.717, 1.165) is 19.3 Å². The number of ether oxygens (including phenoxy) is 1. The van der Waals surface area contributed by atoms with E-state index in [0.29, 0.717) is 18.5 Å². The Bertz CT molecular complexity index is 158. The quantitative estimate of drug-likeness (QED) is 0.565. The largest absolute Gasteiger partial charge is 0.450 e. The van der Waals surface area contributed by atoms with Crippen LogP contribution in [0.5, 0.6) is 0 Å². The molecule has 1 saturated carbocycles. The molecule has 76 valence electrons. The molecular weight excluding hydrogens is 190 g/mol.